The third kappa shape index (κ3) is 2.83. The van der Waals surface area contributed by atoms with E-state index >= 15 is 0 Å². The first kappa shape index (κ1) is 11.8. The average molecular weight is 205 g/mol. The molecule has 0 fully saturated rings. The van der Waals surface area contributed by atoms with Crippen molar-refractivity contribution >= 4 is 0 Å². The summed E-state index contributed by atoms with van der Waals surface area (Å²) in [5.41, 5.74) is 9.37. The predicted octanol–water partition coefficient (Wildman–Crippen LogP) is 2.98. The number of rotatable bonds is 4. The number of phenols is 1. The molecule has 0 aliphatic heterocycles. The van der Waals surface area contributed by atoms with Gasteiger partial charge < -0.3 is 10.8 Å². The molecule has 0 unspecified atom stereocenters. The number of nitrogens with two attached hydrogens (primary N) is 1. The zero-order chi connectivity index (χ0) is 11.4. The van der Waals surface area contributed by atoms with E-state index in [0.29, 0.717) is 5.75 Å². The van der Waals surface area contributed by atoms with Crippen molar-refractivity contribution < 1.29 is 5.11 Å². The molecule has 82 valence electrons. The Balaban J connectivity index is 2.97. The largest absolute Gasteiger partial charge is 0.508 e. The molecular weight excluding hydrogens is 186 g/mol. The summed E-state index contributed by atoms with van der Waals surface area (Å²) >= 11 is 0. The highest BCUT2D eigenvalue weighted by Crippen LogP contribution is 2.27. The van der Waals surface area contributed by atoms with Crippen molar-refractivity contribution in [2.24, 2.45) is 5.73 Å². The van der Waals surface area contributed by atoms with Crippen molar-refractivity contribution in [2.75, 3.05) is 0 Å². The van der Waals surface area contributed by atoms with Crippen LogP contribution in [0.5, 0.6) is 5.75 Å². The van der Waals surface area contributed by atoms with Gasteiger partial charge >= 0.3 is 0 Å². The van der Waals surface area contributed by atoms with E-state index < -0.39 is 0 Å². The molecule has 0 heterocycles. The second-order valence-electron chi connectivity index (χ2n) is 3.97. The van der Waals surface area contributed by atoms with Crippen LogP contribution in [0.4, 0.5) is 0 Å². The van der Waals surface area contributed by atoms with Gasteiger partial charge in [-0.1, -0.05) is 6.08 Å². The molecule has 0 aliphatic carbocycles. The zero-order valence-electron chi connectivity index (χ0n) is 9.46. The normalized spacial score (nSPS) is 12.5. The van der Waals surface area contributed by atoms with E-state index in [2.05, 4.69) is 6.58 Å². The fourth-order valence-electron chi connectivity index (χ4n) is 1.98. The van der Waals surface area contributed by atoms with Crippen LogP contribution in [0.15, 0.2) is 24.8 Å². The van der Waals surface area contributed by atoms with Gasteiger partial charge in [0.05, 0.1) is 0 Å². The Labute approximate surface area is 91.4 Å². The molecule has 2 heteroatoms. The molecule has 2 nitrogen and oxygen atoms in total. The summed E-state index contributed by atoms with van der Waals surface area (Å²) in [6, 6.07) is 3.55. The predicted molar refractivity (Wildman–Crippen MR) is 63.9 cm³/mol. The second-order valence-corrected chi connectivity index (χ2v) is 3.97. The summed E-state index contributed by atoms with van der Waals surface area (Å²) in [7, 11) is 0. The minimum absolute atomic E-state index is 0.0311. The monoisotopic (exact) mass is 205 g/mol. The van der Waals surface area contributed by atoms with Gasteiger partial charge in [0.25, 0.3) is 0 Å². The van der Waals surface area contributed by atoms with Crippen LogP contribution in [0.2, 0.25) is 0 Å². The molecule has 1 atom stereocenters. The number of aryl methyl sites for hydroxylation is 2. The lowest BCUT2D eigenvalue weighted by Crippen LogP contribution is -2.13. The summed E-state index contributed by atoms with van der Waals surface area (Å²) < 4.78 is 0. The average Bonchev–Trinajstić information content (AvgIpc) is 2.12. The minimum atomic E-state index is 0.0311. The SMILES string of the molecule is C=CCC[C@@H](N)c1c(C)cc(O)cc1C. The first-order valence-electron chi connectivity index (χ1n) is 5.23. The molecule has 0 saturated carbocycles. The molecule has 3 N–H and O–H groups in total. The molecule has 1 rings (SSSR count). The Morgan fingerprint density at radius 3 is 2.40 bits per heavy atom. The molecule has 0 amide bonds. The fraction of sp³-hybridized carbons (Fsp3) is 0.385. The Kier molecular flexibility index (Phi) is 3.92. The first-order valence-corrected chi connectivity index (χ1v) is 5.23. The maximum atomic E-state index is 9.42. The van der Waals surface area contributed by atoms with Crippen LogP contribution in [-0.2, 0) is 0 Å². The number of hydrogen-bond donors (Lipinski definition) is 2. The quantitative estimate of drug-likeness (QED) is 0.742. The van der Waals surface area contributed by atoms with Gasteiger partial charge in [0.1, 0.15) is 5.75 Å². The van der Waals surface area contributed by atoms with E-state index in [1.165, 1.54) is 0 Å². The van der Waals surface area contributed by atoms with Crippen molar-refractivity contribution in [1.82, 2.24) is 0 Å². The lowest BCUT2D eigenvalue weighted by Gasteiger charge is -2.17. The molecule has 0 aromatic heterocycles. The van der Waals surface area contributed by atoms with E-state index in [9.17, 15) is 5.11 Å². The van der Waals surface area contributed by atoms with Gasteiger partial charge in [-0.25, -0.2) is 0 Å². The lowest BCUT2D eigenvalue weighted by atomic mass is 9.93. The highest BCUT2D eigenvalue weighted by Gasteiger charge is 2.12. The van der Waals surface area contributed by atoms with Crippen LogP contribution in [0, 0.1) is 13.8 Å². The van der Waals surface area contributed by atoms with Gasteiger partial charge in [0, 0.05) is 6.04 Å². The summed E-state index contributed by atoms with van der Waals surface area (Å²) in [6.45, 7) is 7.65. The van der Waals surface area contributed by atoms with Crippen LogP contribution >= 0.6 is 0 Å². The van der Waals surface area contributed by atoms with Crippen molar-refractivity contribution in [3.63, 3.8) is 0 Å². The van der Waals surface area contributed by atoms with Crippen LogP contribution in [0.3, 0.4) is 0 Å². The summed E-state index contributed by atoms with van der Waals surface area (Å²) in [6.07, 6.45) is 3.70. The van der Waals surface area contributed by atoms with Crippen molar-refractivity contribution in [2.45, 2.75) is 32.7 Å². The van der Waals surface area contributed by atoms with Crippen molar-refractivity contribution in [3.05, 3.63) is 41.5 Å². The highest BCUT2D eigenvalue weighted by atomic mass is 16.3. The van der Waals surface area contributed by atoms with Gasteiger partial charge in [-0.2, -0.15) is 0 Å². The third-order valence-corrected chi connectivity index (χ3v) is 2.63. The minimum Gasteiger partial charge on any atom is -0.508 e. The summed E-state index contributed by atoms with van der Waals surface area (Å²) in [5, 5.41) is 9.42. The van der Waals surface area contributed by atoms with Gasteiger partial charge in [-0.05, 0) is 55.5 Å². The first-order chi connectivity index (χ1) is 7.06. The number of phenolic OH excluding ortho intramolecular Hbond substituents is 1. The molecule has 0 spiro atoms. The smallest absolute Gasteiger partial charge is 0.116 e. The number of benzene rings is 1. The van der Waals surface area contributed by atoms with Crippen LogP contribution < -0.4 is 5.73 Å². The van der Waals surface area contributed by atoms with E-state index in [1.54, 1.807) is 12.1 Å². The Hall–Kier alpha value is -1.28. The van der Waals surface area contributed by atoms with E-state index in [0.717, 1.165) is 29.5 Å². The number of allylic oxidation sites excluding steroid dienone is 1. The fourth-order valence-corrected chi connectivity index (χ4v) is 1.98. The molecule has 1 aromatic rings. The van der Waals surface area contributed by atoms with Crippen LogP contribution in [-0.4, -0.2) is 5.11 Å². The molecule has 0 aliphatic rings. The molecule has 0 radical (unpaired) electrons. The number of aromatic hydroxyl groups is 1. The summed E-state index contributed by atoms with van der Waals surface area (Å²) in [4.78, 5) is 0. The second kappa shape index (κ2) is 4.99. The topological polar surface area (TPSA) is 46.2 Å². The Bertz CT molecular complexity index is 335. The molecule has 1 aromatic carbocycles. The number of hydrogen-bond acceptors (Lipinski definition) is 2. The highest BCUT2D eigenvalue weighted by molar-refractivity contribution is 5.42. The third-order valence-electron chi connectivity index (χ3n) is 2.63. The van der Waals surface area contributed by atoms with E-state index in [-0.39, 0.29) is 6.04 Å². The van der Waals surface area contributed by atoms with Crippen molar-refractivity contribution in [1.29, 1.82) is 0 Å². The Morgan fingerprint density at radius 2 is 1.93 bits per heavy atom. The van der Waals surface area contributed by atoms with Gasteiger partial charge in [0.15, 0.2) is 0 Å². The van der Waals surface area contributed by atoms with Gasteiger partial charge in [-0.15, -0.1) is 6.58 Å². The van der Waals surface area contributed by atoms with E-state index in [4.69, 9.17) is 5.73 Å². The van der Waals surface area contributed by atoms with E-state index in [1.807, 2.05) is 19.9 Å². The standard InChI is InChI=1S/C13H19NO/c1-4-5-6-12(14)13-9(2)7-11(15)8-10(13)3/h4,7-8,12,15H,1,5-6,14H2,2-3H3/t12-/m1/s1. The maximum absolute atomic E-state index is 9.42. The molecule has 15 heavy (non-hydrogen) atoms. The van der Waals surface area contributed by atoms with Gasteiger partial charge in [0.2, 0.25) is 0 Å². The molecule has 0 bridgehead atoms. The maximum Gasteiger partial charge on any atom is 0.116 e. The molecular formula is C13H19NO. The lowest BCUT2D eigenvalue weighted by molar-refractivity contribution is 0.473. The van der Waals surface area contributed by atoms with Crippen LogP contribution in [0.1, 0.15) is 35.6 Å². The Morgan fingerprint density at radius 1 is 1.40 bits per heavy atom. The zero-order valence-corrected chi connectivity index (χ0v) is 9.46. The molecule has 0 saturated heterocycles. The van der Waals surface area contributed by atoms with Gasteiger partial charge in [-0.3, -0.25) is 0 Å². The van der Waals surface area contributed by atoms with Crippen LogP contribution in [0.25, 0.3) is 0 Å². The van der Waals surface area contributed by atoms with Crippen molar-refractivity contribution in [3.8, 4) is 5.75 Å². The summed E-state index contributed by atoms with van der Waals surface area (Å²) in [5.74, 6) is 0.310.